The lowest BCUT2D eigenvalue weighted by molar-refractivity contribution is 0.154. The van der Waals surface area contributed by atoms with Crippen LogP contribution in [0.3, 0.4) is 0 Å². The molecule has 0 amide bonds. The molecule has 17 heavy (non-hydrogen) atoms. The molecule has 3 N–H and O–H groups in total. The summed E-state index contributed by atoms with van der Waals surface area (Å²) in [4.78, 5) is 1.98. The molecule has 1 aromatic rings. The Morgan fingerprint density at radius 3 is 2.82 bits per heavy atom. The van der Waals surface area contributed by atoms with Crippen molar-refractivity contribution in [3.63, 3.8) is 0 Å². The summed E-state index contributed by atoms with van der Waals surface area (Å²) >= 11 is 5.96. The van der Waals surface area contributed by atoms with Gasteiger partial charge in [0.15, 0.2) is 0 Å². The van der Waals surface area contributed by atoms with E-state index in [0.717, 1.165) is 12.2 Å². The number of hydrogen-bond donors (Lipinski definition) is 2. The van der Waals surface area contributed by atoms with Gasteiger partial charge >= 0.3 is 0 Å². The number of amidine groups is 1. The first-order valence-electron chi connectivity index (χ1n) is 5.49. The van der Waals surface area contributed by atoms with E-state index in [1.54, 1.807) is 12.1 Å². The van der Waals surface area contributed by atoms with Gasteiger partial charge in [0.2, 0.25) is 0 Å². The maximum Gasteiger partial charge on any atom is 0.124 e. The summed E-state index contributed by atoms with van der Waals surface area (Å²) in [6.45, 7) is 4.02. The molecule has 0 aliphatic rings. The lowest BCUT2D eigenvalue weighted by Gasteiger charge is -2.22. The highest BCUT2D eigenvalue weighted by Gasteiger charge is 2.10. The van der Waals surface area contributed by atoms with Crippen molar-refractivity contribution in [2.45, 2.75) is 6.92 Å². The van der Waals surface area contributed by atoms with E-state index in [4.69, 9.17) is 27.5 Å². The van der Waals surface area contributed by atoms with Crippen LogP contribution in [0.4, 0.5) is 5.69 Å². The first kappa shape index (κ1) is 13.8. The molecular formula is C12H18ClN3O. The molecule has 0 saturated heterocycles. The van der Waals surface area contributed by atoms with Crippen LogP contribution in [0.1, 0.15) is 12.5 Å². The van der Waals surface area contributed by atoms with E-state index in [2.05, 4.69) is 0 Å². The molecule has 0 radical (unpaired) electrons. The molecule has 4 nitrogen and oxygen atoms in total. The van der Waals surface area contributed by atoms with Crippen molar-refractivity contribution in [2.24, 2.45) is 5.73 Å². The molecule has 1 rings (SSSR count). The van der Waals surface area contributed by atoms with Gasteiger partial charge in [-0.05, 0) is 25.1 Å². The summed E-state index contributed by atoms with van der Waals surface area (Å²) in [6, 6.07) is 5.31. The van der Waals surface area contributed by atoms with Crippen molar-refractivity contribution in [2.75, 3.05) is 31.7 Å². The molecule has 0 unspecified atom stereocenters. The highest BCUT2D eigenvalue weighted by molar-refractivity contribution is 6.31. The number of anilines is 1. The summed E-state index contributed by atoms with van der Waals surface area (Å²) in [7, 11) is 1.93. The van der Waals surface area contributed by atoms with E-state index in [9.17, 15) is 0 Å². The molecule has 0 heterocycles. The Morgan fingerprint density at radius 2 is 2.24 bits per heavy atom. The quantitative estimate of drug-likeness (QED) is 0.465. The minimum absolute atomic E-state index is 0.0416. The summed E-state index contributed by atoms with van der Waals surface area (Å²) in [5.41, 5.74) is 7.08. The topological polar surface area (TPSA) is 62.3 Å². The fourth-order valence-corrected chi connectivity index (χ4v) is 1.68. The van der Waals surface area contributed by atoms with Gasteiger partial charge < -0.3 is 15.4 Å². The van der Waals surface area contributed by atoms with Crippen molar-refractivity contribution in [3.8, 4) is 0 Å². The Labute approximate surface area is 107 Å². The van der Waals surface area contributed by atoms with Gasteiger partial charge in [-0.3, -0.25) is 5.41 Å². The van der Waals surface area contributed by atoms with Crippen molar-refractivity contribution >= 4 is 23.1 Å². The number of nitrogen functional groups attached to an aromatic ring is 1. The zero-order valence-corrected chi connectivity index (χ0v) is 10.9. The number of nitrogens with two attached hydrogens (primary N) is 1. The van der Waals surface area contributed by atoms with E-state index in [0.29, 0.717) is 23.8 Å². The van der Waals surface area contributed by atoms with Crippen molar-refractivity contribution in [1.82, 2.24) is 0 Å². The number of nitrogens with one attached hydrogen (secondary N) is 1. The normalized spacial score (nSPS) is 10.3. The fourth-order valence-electron chi connectivity index (χ4n) is 1.51. The average molecular weight is 256 g/mol. The predicted molar refractivity (Wildman–Crippen MR) is 72.2 cm³/mol. The number of nitrogens with zero attached hydrogens (tertiary/aromatic N) is 1. The third kappa shape index (κ3) is 3.91. The molecule has 0 fully saturated rings. The molecule has 0 saturated carbocycles. The Kier molecular flexibility index (Phi) is 5.25. The maximum absolute atomic E-state index is 7.53. The Hall–Kier alpha value is -1.26. The number of ether oxygens (including phenoxy) is 1. The van der Waals surface area contributed by atoms with Crippen molar-refractivity contribution in [1.29, 1.82) is 5.41 Å². The zero-order valence-electron chi connectivity index (χ0n) is 10.2. The van der Waals surface area contributed by atoms with Gasteiger partial charge in [0.1, 0.15) is 5.84 Å². The highest BCUT2D eigenvalue weighted by Crippen LogP contribution is 2.23. The molecule has 5 heteroatoms. The molecule has 0 aromatic heterocycles. The Bertz CT molecular complexity index is 395. The van der Waals surface area contributed by atoms with Gasteiger partial charge in [-0.15, -0.1) is 0 Å². The smallest absolute Gasteiger partial charge is 0.124 e. The fraction of sp³-hybridized carbons (Fsp3) is 0.417. The minimum atomic E-state index is 0.0416. The van der Waals surface area contributed by atoms with Gasteiger partial charge in [-0.25, -0.2) is 0 Å². The van der Waals surface area contributed by atoms with E-state index in [1.807, 2.05) is 24.9 Å². The van der Waals surface area contributed by atoms with E-state index in [1.165, 1.54) is 0 Å². The molecular weight excluding hydrogens is 238 g/mol. The van der Waals surface area contributed by atoms with Crippen molar-refractivity contribution < 1.29 is 4.74 Å². The monoisotopic (exact) mass is 255 g/mol. The van der Waals surface area contributed by atoms with Crippen LogP contribution in [-0.2, 0) is 4.74 Å². The third-order valence-corrected chi connectivity index (χ3v) is 2.67. The largest absolute Gasteiger partial charge is 0.384 e. The van der Waals surface area contributed by atoms with E-state index < -0.39 is 0 Å². The number of halogens is 1. The maximum atomic E-state index is 7.53. The van der Waals surface area contributed by atoms with Crippen LogP contribution in [0, 0.1) is 5.41 Å². The molecule has 0 atom stereocenters. The lowest BCUT2D eigenvalue weighted by Crippen LogP contribution is -2.26. The second-order valence-corrected chi connectivity index (χ2v) is 4.13. The second-order valence-electron chi connectivity index (χ2n) is 3.69. The Morgan fingerprint density at radius 1 is 1.53 bits per heavy atom. The summed E-state index contributed by atoms with van der Waals surface area (Å²) < 4.78 is 5.30. The molecule has 0 aliphatic heterocycles. The van der Waals surface area contributed by atoms with Crippen molar-refractivity contribution in [3.05, 3.63) is 28.8 Å². The van der Waals surface area contributed by atoms with Gasteiger partial charge in [-0.1, -0.05) is 11.6 Å². The summed E-state index contributed by atoms with van der Waals surface area (Å²) in [6.07, 6.45) is 0. The molecule has 1 aromatic carbocycles. The molecule has 0 bridgehead atoms. The van der Waals surface area contributed by atoms with Crippen LogP contribution >= 0.6 is 11.6 Å². The predicted octanol–water partition coefficient (Wildman–Crippen LogP) is 2.10. The van der Waals surface area contributed by atoms with Gasteiger partial charge in [0.25, 0.3) is 0 Å². The van der Waals surface area contributed by atoms with Crippen LogP contribution in [0.15, 0.2) is 18.2 Å². The van der Waals surface area contributed by atoms with E-state index >= 15 is 0 Å². The van der Waals surface area contributed by atoms with Crippen LogP contribution in [0.25, 0.3) is 0 Å². The molecule has 0 aliphatic carbocycles. The average Bonchev–Trinajstić information content (AvgIpc) is 2.28. The highest BCUT2D eigenvalue weighted by atomic mass is 35.5. The summed E-state index contributed by atoms with van der Waals surface area (Å²) in [5, 5.41) is 8.16. The minimum Gasteiger partial charge on any atom is -0.384 e. The number of likely N-dealkylation sites (N-methyl/N-ethyl adjacent to an activating group) is 1. The number of hydrogen-bond acceptors (Lipinski definition) is 3. The van der Waals surface area contributed by atoms with Gasteiger partial charge in [0, 0.05) is 36.5 Å². The standard InChI is InChI=1S/C12H18ClN3O/c1-3-17-7-6-16(2)11-8-9(13)4-5-10(11)12(14)15/h4-5,8H,3,6-7H2,1-2H3,(H3,14,15). The first-order chi connectivity index (χ1) is 8.06. The van der Waals surface area contributed by atoms with Crippen LogP contribution in [0.2, 0.25) is 5.02 Å². The third-order valence-electron chi connectivity index (χ3n) is 2.44. The SMILES string of the molecule is CCOCCN(C)c1cc(Cl)ccc1C(=N)N. The van der Waals surface area contributed by atoms with Gasteiger partial charge in [0.05, 0.1) is 6.61 Å². The summed E-state index contributed by atoms with van der Waals surface area (Å²) in [5.74, 6) is 0.0416. The van der Waals surface area contributed by atoms with Crippen LogP contribution in [0.5, 0.6) is 0 Å². The Balaban J connectivity index is 2.86. The van der Waals surface area contributed by atoms with E-state index in [-0.39, 0.29) is 5.84 Å². The number of rotatable bonds is 6. The van der Waals surface area contributed by atoms with Crippen LogP contribution in [-0.4, -0.2) is 32.6 Å². The lowest BCUT2D eigenvalue weighted by atomic mass is 10.1. The molecule has 94 valence electrons. The van der Waals surface area contributed by atoms with Gasteiger partial charge in [-0.2, -0.15) is 0 Å². The second kappa shape index (κ2) is 6.47. The first-order valence-corrected chi connectivity index (χ1v) is 5.87. The van der Waals surface area contributed by atoms with Crippen LogP contribution < -0.4 is 10.6 Å². The zero-order chi connectivity index (χ0) is 12.8. The molecule has 0 spiro atoms. The number of benzene rings is 1.